The lowest BCUT2D eigenvalue weighted by atomic mass is 9.96. The van der Waals surface area contributed by atoms with Crippen LogP contribution >= 0.6 is 0 Å². The van der Waals surface area contributed by atoms with Gasteiger partial charge in [0, 0.05) is 18.7 Å². The van der Waals surface area contributed by atoms with Crippen LogP contribution in [0, 0.1) is 11.7 Å². The average Bonchev–Trinajstić information content (AvgIpc) is 3.03. The Labute approximate surface area is 125 Å². The lowest BCUT2D eigenvalue weighted by Gasteiger charge is -2.31. The molecular formula is C17H24FN2O+. The molecule has 3 rings (SSSR count). The van der Waals surface area contributed by atoms with Crippen molar-refractivity contribution in [2.24, 2.45) is 5.92 Å². The van der Waals surface area contributed by atoms with Gasteiger partial charge in [0.05, 0.1) is 19.0 Å². The summed E-state index contributed by atoms with van der Waals surface area (Å²) in [7, 11) is 0. The number of quaternary nitrogens is 1. The van der Waals surface area contributed by atoms with E-state index in [-0.39, 0.29) is 11.7 Å². The number of carbonyl (C=O) groups excluding carboxylic acids is 1. The number of rotatable bonds is 3. The molecule has 2 aliphatic heterocycles. The van der Waals surface area contributed by atoms with Crippen molar-refractivity contribution in [1.29, 1.82) is 0 Å². The summed E-state index contributed by atoms with van der Waals surface area (Å²) < 4.78 is 12.9. The molecule has 0 radical (unpaired) electrons. The van der Waals surface area contributed by atoms with E-state index >= 15 is 0 Å². The summed E-state index contributed by atoms with van der Waals surface area (Å²) in [5, 5.41) is 0. The van der Waals surface area contributed by atoms with Crippen molar-refractivity contribution in [3.8, 4) is 0 Å². The van der Waals surface area contributed by atoms with Crippen LogP contribution in [-0.4, -0.2) is 37.0 Å². The van der Waals surface area contributed by atoms with Crippen LogP contribution < -0.4 is 4.90 Å². The van der Waals surface area contributed by atoms with E-state index in [1.807, 2.05) is 17.0 Å². The molecule has 0 aromatic heterocycles. The van der Waals surface area contributed by atoms with E-state index in [1.54, 1.807) is 0 Å². The monoisotopic (exact) mass is 291 g/mol. The Morgan fingerprint density at radius 1 is 1.19 bits per heavy atom. The van der Waals surface area contributed by atoms with Crippen LogP contribution in [0.2, 0.25) is 0 Å². The molecule has 1 aromatic rings. The highest BCUT2D eigenvalue weighted by Gasteiger charge is 2.32. The fraction of sp³-hybridized carbons (Fsp3) is 0.588. The van der Waals surface area contributed by atoms with Gasteiger partial charge in [-0.15, -0.1) is 0 Å². The second-order valence-electron chi connectivity index (χ2n) is 6.38. The second-order valence-corrected chi connectivity index (χ2v) is 6.38. The maximum Gasteiger partial charge on any atom is 0.231 e. The minimum absolute atomic E-state index is 0.186. The molecule has 1 N–H and O–H groups in total. The predicted octanol–water partition coefficient (Wildman–Crippen LogP) is 1.24. The number of nitrogens with one attached hydrogen (secondary N) is 1. The normalized spacial score (nSPS) is 26.0. The Morgan fingerprint density at radius 3 is 2.62 bits per heavy atom. The van der Waals surface area contributed by atoms with Crippen LogP contribution in [0.3, 0.4) is 0 Å². The molecule has 2 atom stereocenters. The minimum Gasteiger partial charge on any atom is -0.342 e. The summed E-state index contributed by atoms with van der Waals surface area (Å²) in [4.78, 5) is 16.0. The predicted molar refractivity (Wildman–Crippen MR) is 79.3 cm³/mol. The van der Waals surface area contributed by atoms with Gasteiger partial charge < -0.3 is 9.80 Å². The first-order valence-corrected chi connectivity index (χ1v) is 8.09. The van der Waals surface area contributed by atoms with E-state index in [2.05, 4.69) is 0 Å². The largest absolute Gasteiger partial charge is 0.342 e. The molecule has 1 unspecified atom stereocenters. The van der Waals surface area contributed by atoms with Gasteiger partial charge in [-0.1, -0.05) is 12.1 Å². The Balaban J connectivity index is 1.57. The molecule has 3 nitrogen and oxygen atoms in total. The van der Waals surface area contributed by atoms with Gasteiger partial charge in [-0.25, -0.2) is 4.39 Å². The van der Waals surface area contributed by atoms with E-state index in [1.165, 1.54) is 17.0 Å². The third kappa shape index (κ3) is 3.62. The average molecular weight is 291 g/mol. The smallest absolute Gasteiger partial charge is 0.231 e. The zero-order chi connectivity index (χ0) is 14.7. The maximum atomic E-state index is 12.9. The van der Waals surface area contributed by atoms with E-state index in [4.69, 9.17) is 0 Å². The molecule has 2 heterocycles. The number of carbonyl (C=O) groups is 1. The van der Waals surface area contributed by atoms with Crippen molar-refractivity contribution in [3.63, 3.8) is 0 Å². The summed E-state index contributed by atoms with van der Waals surface area (Å²) in [6, 6.07) is 6.75. The highest BCUT2D eigenvalue weighted by Crippen LogP contribution is 2.16. The van der Waals surface area contributed by atoms with Crippen LogP contribution in [-0.2, 0) is 11.3 Å². The van der Waals surface area contributed by atoms with Crippen molar-refractivity contribution in [3.05, 3.63) is 35.6 Å². The molecule has 0 aliphatic carbocycles. The van der Waals surface area contributed by atoms with Gasteiger partial charge in [0.1, 0.15) is 12.4 Å². The van der Waals surface area contributed by atoms with E-state index in [0.29, 0.717) is 5.91 Å². The number of hydrogen-bond donors (Lipinski definition) is 1. The Bertz CT molecular complexity index is 482. The van der Waals surface area contributed by atoms with Crippen LogP contribution in [0.15, 0.2) is 24.3 Å². The lowest BCUT2D eigenvalue weighted by molar-refractivity contribution is -0.921. The molecule has 2 aliphatic rings. The van der Waals surface area contributed by atoms with Gasteiger partial charge in [0.25, 0.3) is 0 Å². The SMILES string of the molecule is O=C([C@H]1CCC[NH+](Cc2ccc(F)cc2)C1)N1CCCC1. The molecule has 0 saturated carbocycles. The Morgan fingerprint density at radius 2 is 1.90 bits per heavy atom. The molecule has 21 heavy (non-hydrogen) atoms. The Hall–Kier alpha value is -1.42. The first-order chi connectivity index (χ1) is 10.2. The zero-order valence-electron chi connectivity index (χ0n) is 12.5. The van der Waals surface area contributed by atoms with Gasteiger partial charge in [-0.3, -0.25) is 4.79 Å². The lowest BCUT2D eigenvalue weighted by Crippen LogP contribution is -3.12. The van der Waals surface area contributed by atoms with Crippen molar-refractivity contribution < 1.29 is 14.1 Å². The fourth-order valence-corrected chi connectivity index (χ4v) is 3.61. The van der Waals surface area contributed by atoms with E-state index in [0.717, 1.165) is 64.0 Å². The van der Waals surface area contributed by atoms with Crippen molar-refractivity contribution in [2.75, 3.05) is 26.2 Å². The number of amides is 1. The molecule has 114 valence electrons. The molecule has 1 amide bonds. The van der Waals surface area contributed by atoms with Gasteiger partial charge in [0.2, 0.25) is 5.91 Å². The van der Waals surface area contributed by atoms with E-state index < -0.39 is 0 Å². The van der Waals surface area contributed by atoms with Gasteiger partial charge >= 0.3 is 0 Å². The third-order valence-electron chi connectivity index (χ3n) is 4.75. The van der Waals surface area contributed by atoms with Crippen LogP contribution in [0.1, 0.15) is 31.2 Å². The summed E-state index contributed by atoms with van der Waals surface area (Å²) in [5.74, 6) is 0.366. The molecular weight excluding hydrogens is 267 g/mol. The molecule has 0 spiro atoms. The first-order valence-electron chi connectivity index (χ1n) is 8.09. The number of benzene rings is 1. The van der Waals surface area contributed by atoms with Gasteiger partial charge in [-0.2, -0.15) is 0 Å². The molecule has 0 bridgehead atoms. The van der Waals surface area contributed by atoms with Crippen molar-refractivity contribution >= 4 is 5.91 Å². The number of piperidine rings is 1. The fourth-order valence-electron chi connectivity index (χ4n) is 3.61. The summed E-state index contributed by atoms with van der Waals surface area (Å²) >= 11 is 0. The number of hydrogen-bond acceptors (Lipinski definition) is 1. The summed E-state index contributed by atoms with van der Waals surface area (Å²) in [6.07, 6.45) is 4.46. The molecule has 2 fully saturated rings. The zero-order valence-corrected chi connectivity index (χ0v) is 12.5. The van der Waals surface area contributed by atoms with Crippen molar-refractivity contribution in [2.45, 2.75) is 32.2 Å². The molecule has 2 saturated heterocycles. The molecule has 1 aromatic carbocycles. The highest BCUT2D eigenvalue weighted by molar-refractivity contribution is 5.79. The van der Waals surface area contributed by atoms with Crippen LogP contribution in [0.4, 0.5) is 4.39 Å². The van der Waals surface area contributed by atoms with Gasteiger partial charge in [0.15, 0.2) is 0 Å². The number of halogens is 1. The second kappa shape index (κ2) is 6.56. The van der Waals surface area contributed by atoms with E-state index in [9.17, 15) is 9.18 Å². The van der Waals surface area contributed by atoms with Crippen LogP contribution in [0.25, 0.3) is 0 Å². The summed E-state index contributed by atoms with van der Waals surface area (Å²) in [5.41, 5.74) is 1.15. The minimum atomic E-state index is -0.186. The number of nitrogens with zero attached hydrogens (tertiary/aromatic N) is 1. The molecule has 4 heteroatoms. The first kappa shape index (κ1) is 14.5. The Kier molecular flexibility index (Phi) is 4.54. The third-order valence-corrected chi connectivity index (χ3v) is 4.75. The van der Waals surface area contributed by atoms with Gasteiger partial charge in [-0.05, 0) is 37.8 Å². The number of likely N-dealkylation sites (tertiary alicyclic amines) is 2. The summed E-state index contributed by atoms with van der Waals surface area (Å²) in [6.45, 7) is 4.82. The van der Waals surface area contributed by atoms with Crippen LogP contribution in [0.5, 0.6) is 0 Å². The quantitative estimate of drug-likeness (QED) is 0.890. The topological polar surface area (TPSA) is 24.8 Å². The standard InChI is InChI=1S/C17H23FN2O/c18-16-7-5-14(6-8-16)12-19-9-3-4-15(13-19)17(21)20-10-1-2-11-20/h5-8,15H,1-4,9-13H2/p+1/t15-/m0/s1. The highest BCUT2D eigenvalue weighted by atomic mass is 19.1. The van der Waals surface area contributed by atoms with Crippen molar-refractivity contribution in [1.82, 2.24) is 4.90 Å². The maximum absolute atomic E-state index is 12.9.